The summed E-state index contributed by atoms with van der Waals surface area (Å²) in [5, 5.41) is 28.4. The highest BCUT2D eigenvalue weighted by molar-refractivity contribution is 6.27. The number of nitro benzene ring substituents is 1. The van der Waals surface area contributed by atoms with Gasteiger partial charge in [0.25, 0.3) is 5.69 Å². The molecule has 2 aromatic carbocycles. The van der Waals surface area contributed by atoms with Crippen molar-refractivity contribution in [1.82, 2.24) is 4.90 Å². The van der Waals surface area contributed by atoms with E-state index in [9.17, 15) is 14.9 Å². The van der Waals surface area contributed by atoms with Crippen molar-refractivity contribution < 1.29 is 34.3 Å². The van der Waals surface area contributed by atoms with E-state index in [1.54, 1.807) is 25.3 Å². The minimum Gasteiger partial charge on any atom is -0.490 e. The number of carboxylic acid groups (broad SMARTS) is 2. The number of hydrogen-bond donors (Lipinski definition) is 3. The fourth-order valence-corrected chi connectivity index (χ4v) is 2.39. The highest BCUT2D eigenvalue weighted by Gasteiger charge is 2.15. The van der Waals surface area contributed by atoms with E-state index in [-0.39, 0.29) is 23.8 Å². The van der Waals surface area contributed by atoms with Crippen molar-refractivity contribution in [3.8, 4) is 5.75 Å². The lowest BCUT2D eigenvalue weighted by Gasteiger charge is -2.16. The molecule has 2 aromatic rings. The van der Waals surface area contributed by atoms with Crippen LogP contribution in [0.1, 0.15) is 5.56 Å². The number of nitrogens with one attached hydrogen (secondary N) is 1. The Hall–Kier alpha value is -4.25. The van der Waals surface area contributed by atoms with Crippen molar-refractivity contribution in [1.29, 1.82) is 0 Å². The summed E-state index contributed by atoms with van der Waals surface area (Å²) in [6.07, 6.45) is 1.68. The largest absolute Gasteiger partial charge is 0.490 e. The van der Waals surface area contributed by atoms with Gasteiger partial charge in [-0.25, -0.2) is 9.59 Å². The van der Waals surface area contributed by atoms with Crippen LogP contribution in [0.15, 0.2) is 61.2 Å². The van der Waals surface area contributed by atoms with Gasteiger partial charge < -0.3 is 20.3 Å². The average molecular weight is 445 g/mol. The maximum absolute atomic E-state index is 12.2. The van der Waals surface area contributed by atoms with E-state index >= 15 is 0 Å². The van der Waals surface area contributed by atoms with Gasteiger partial charge in [-0.2, -0.15) is 0 Å². The van der Waals surface area contributed by atoms with Crippen LogP contribution in [0.2, 0.25) is 0 Å². The van der Waals surface area contributed by atoms with Crippen LogP contribution in [0.4, 0.5) is 11.4 Å². The number of para-hydroxylation sites is 2. The summed E-state index contributed by atoms with van der Waals surface area (Å²) >= 11 is 0. The van der Waals surface area contributed by atoms with E-state index < -0.39 is 16.9 Å². The smallest absolute Gasteiger partial charge is 0.414 e. The first-order valence-electron chi connectivity index (χ1n) is 9.14. The van der Waals surface area contributed by atoms with E-state index in [0.29, 0.717) is 13.2 Å². The summed E-state index contributed by atoms with van der Waals surface area (Å²) in [6, 6.07) is 13.6. The number of carboxylic acids is 2. The lowest BCUT2D eigenvalue weighted by molar-refractivity contribution is -0.383. The Bertz CT molecular complexity index is 948. The molecule has 0 bridgehead atoms. The summed E-state index contributed by atoms with van der Waals surface area (Å²) in [5.74, 6) is -3.21. The number of rotatable bonds is 9. The summed E-state index contributed by atoms with van der Waals surface area (Å²) < 4.78 is 5.43. The molecule has 0 heterocycles. The molecule has 11 heteroatoms. The monoisotopic (exact) mass is 445 g/mol. The van der Waals surface area contributed by atoms with Gasteiger partial charge in [-0.15, -0.1) is 0 Å². The van der Waals surface area contributed by atoms with Crippen LogP contribution in [0.25, 0.3) is 0 Å². The minimum atomic E-state index is -1.82. The van der Waals surface area contributed by atoms with Gasteiger partial charge in [0, 0.05) is 12.6 Å². The van der Waals surface area contributed by atoms with Crippen LogP contribution in [0.3, 0.4) is 0 Å². The summed E-state index contributed by atoms with van der Waals surface area (Å²) in [7, 11) is 1.81. The third-order valence-electron chi connectivity index (χ3n) is 3.72. The van der Waals surface area contributed by atoms with Crippen LogP contribution in [0, 0.1) is 10.1 Å². The molecule has 11 nitrogen and oxygen atoms in total. The van der Waals surface area contributed by atoms with Crippen molar-refractivity contribution in [3.63, 3.8) is 0 Å². The molecule has 0 saturated heterocycles. The molecular weight excluding hydrogens is 422 g/mol. The van der Waals surface area contributed by atoms with Crippen LogP contribution in [-0.2, 0) is 20.9 Å². The number of likely N-dealkylation sites (N-methyl/N-ethyl adjacent to an activating group) is 1. The lowest BCUT2D eigenvalue weighted by atomic mass is 10.2. The fraction of sp³-hybridized carbons (Fsp3) is 0.190. The van der Waals surface area contributed by atoms with Gasteiger partial charge in [0.05, 0.1) is 11.5 Å². The van der Waals surface area contributed by atoms with Gasteiger partial charge in [0.1, 0.15) is 18.0 Å². The molecule has 0 fully saturated rings. The number of carbonyl (C=O) groups is 3. The maximum atomic E-state index is 12.2. The summed E-state index contributed by atoms with van der Waals surface area (Å²) in [4.78, 5) is 42.6. The number of nitro groups is 1. The number of ether oxygens (including phenoxy) is 1. The second kappa shape index (κ2) is 13.1. The second-order valence-electron chi connectivity index (χ2n) is 6.35. The number of anilines is 1. The quantitative estimate of drug-likeness (QED) is 0.228. The van der Waals surface area contributed by atoms with Crippen molar-refractivity contribution in [3.05, 3.63) is 76.9 Å². The molecule has 0 radical (unpaired) electrons. The molecule has 170 valence electrons. The van der Waals surface area contributed by atoms with Gasteiger partial charge in [0.15, 0.2) is 0 Å². The van der Waals surface area contributed by atoms with E-state index in [1.807, 2.05) is 29.2 Å². The van der Waals surface area contributed by atoms with Crippen LogP contribution in [0.5, 0.6) is 5.75 Å². The van der Waals surface area contributed by atoms with Gasteiger partial charge in [-0.3, -0.25) is 19.8 Å². The zero-order valence-electron chi connectivity index (χ0n) is 17.3. The van der Waals surface area contributed by atoms with Crippen LogP contribution >= 0.6 is 0 Å². The van der Waals surface area contributed by atoms with E-state index in [4.69, 9.17) is 24.5 Å². The predicted molar refractivity (Wildman–Crippen MR) is 115 cm³/mol. The highest BCUT2D eigenvalue weighted by Crippen LogP contribution is 2.23. The molecular formula is C21H23N3O8. The van der Waals surface area contributed by atoms with Crippen molar-refractivity contribution in [2.24, 2.45) is 0 Å². The van der Waals surface area contributed by atoms with Crippen molar-refractivity contribution in [2.75, 3.05) is 25.5 Å². The van der Waals surface area contributed by atoms with Crippen molar-refractivity contribution >= 4 is 29.2 Å². The Balaban J connectivity index is 0.000000751. The number of nitrogens with zero attached hydrogens (tertiary/aromatic N) is 2. The minimum absolute atomic E-state index is 0.112. The first kappa shape index (κ1) is 25.8. The standard InChI is InChI=1S/C19H21N3O4.C2H2O4/c1-3-12-26-16-10-8-15(9-11-16)13-21(2)14-19(23)20-17-6-4-5-7-18(17)22(24)25;3-1(4)2(5)6/h3-11H,1,12-14H2,2H3,(H,20,23);(H,3,4)(H,5,6). The average Bonchev–Trinajstić information content (AvgIpc) is 2.73. The third kappa shape index (κ3) is 9.50. The number of benzene rings is 2. The molecule has 0 aromatic heterocycles. The normalized spacial score (nSPS) is 9.81. The molecule has 32 heavy (non-hydrogen) atoms. The molecule has 0 aliphatic carbocycles. The van der Waals surface area contributed by atoms with Gasteiger partial charge in [-0.1, -0.05) is 36.9 Å². The first-order valence-corrected chi connectivity index (χ1v) is 9.14. The zero-order chi connectivity index (χ0) is 24.1. The number of carbonyl (C=O) groups excluding carboxylic acids is 1. The maximum Gasteiger partial charge on any atom is 0.414 e. The summed E-state index contributed by atoms with van der Waals surface area (Å²) in [6.45, 7) is 4.72. The lowest BCUT2D eigenvalue weighted by Crippen LogP contribution is -2.30. The molecule has 3 N–H and O–H groups in total. The van der Waals surface area contributed by atoms with Crippen LogP contribution < -0.4 is 10.1 Å². The summed E-state index contributed by atoms with van der Waals surface area (Å²) in [5.41, 5.74) is 1.09. The number of aliphatic carboxylic acids is 2. The van der Waals surface area contributed by atoms with E-state index in [0.717, 1.165) is 11.3 Å². The predicted octanol–water partition coefficient (Wildman–Crippen LogP) is 2.39. The van der Waals surface area contributed by atoms with Crippen molar-refractivity contribution in [2.45, 2.75) is 6.54 Å². The Labute approximate surface area is 183 Å². The molecule has 0 atom stereocenters. The van der Waals surface area contributed by atoms with Gasteiger partial charge in [-0.05, 0) is 30.8 Å². The third-order valence-corrected chi connectivity index (χ3v) is 3.72. The molecule has 0 aliphatic heterocycles. The number of amides is 1. The molecule has 0 aliphatic rings. The Morgan fingerprint density at radius 3 is 2.25 bits per heavy atom. The zero-order valence-corrected chi connectivity index (χ0v) is 17.3. The first-order chi connectivity index (χ1) is 15.1. The molecule has 0 unspecified atom stereocenters. The Morgan fingerprint density at radius 2 is 1.72 bits per heavy atom. The molecule has 0 spiro atoms. The Morgan fingerprint density at radius 1 is 1.12 bits per heavy atom. The topological polar surface area (TPSA) is 159 Å². The second-order valence-corrected chi connectivity index (χ2v) is 6.35. The Kier molecular flexibility index (Phi) is 10.6. The number of hydrogen-bond acceptors (Lipinski definition) is 7. The van der Waals surface area contributed by atoms with Gasteiger partial charge in [0.2, 0.25) is 5.91 Å². The SMILES string of the molecule is C=CCOc1ccc(CN(C)CC(=O)Nc2ccccc2[N+](=O)[O-])cc1.O=C(O)C(=O)O. The van der Waals surface area contributed by atoms with Crippen LogP contribution in [-0.4, -0.2) is 58.1 Å². The fourth-order valence-electron chi connectivity index (χ4n) is 2.39. The molecule has 1 amide bonds. The molecule has 2 rings (SSSR count). The molecule has 0 saturated carbocycles. The van der Waals surface area contributed by atoms with E-state index in [2.05, 4.69) is 11.9 Å². The van der Waals surface area contributed by atoms with Gasteiger partial charge >= 0.3 is 11.9 Å². The van der Waals surface area contributed by atoms with E-state index in [1.165, 1.54) is 12.1 Å². The highest BCUT2D eigenvalue weighted by atomic mass is 16.6.